The lowest BCUT2D eigenvalue weighted by Gasteiger charge is -2.24. The summed E-state index contributed by atoms with van der Waals surface area (Å²) in [7, 11) is 6.84. The fraction of sp³-hybridized carbons (Fsp3) is 0.389. The first kappa shape index (κ1) is 22.0. The lowest BCUT2D eigenvalue weighted by Crippen LogP contribution is -2.40. The van der Waals surface area contributed by atoms with E-state index in [-0.39, 0.29) is 17.4 Å². The van der Waals surface area contributed by atoms with E-state index in [1.165, 1.54) is 23.9 Å². The Hall–Kier alpha value is -2.67. The molecule has 0 radical (unpaired) electrons. The molecule has 0 spiro atoms. The summed E-state index contributed by atoms with van der Waals surface area (Å²) in [5.41, 5.74) is 1.72. The molecule has 1 N–H and O–H groups in total. The summed E-state index contributed by atoms with van der Waals surface area (Å²) in [5.74, 6) is -1.59. The molecule has 2 aromatic heterocycles. The fourth-order valence-corrected chi connectivity index (χ4v) is 5.86. The van der Waals surface area contributed by atoms with E-state index in [9.17, 15) is 19.5 Å². The number of hydrogen-bond acceptors (Lipinski definition) is 9. The number of fused-ring (bicyclic) bond motifs is 2. The van der Waals surface area contributed by atoms with E-state index in [1.54, 1.807) is 38.2 Å². The minimum Gasteiger partial charge on any atom is -0.478 e. The normalized spacial score (nSPS) is 11.6. The number of nitrogens with zero attached hydrogens (tertiary/aromatic N) is 6. The number of carbonyl (C=O) groups excluding carboxylic acids is 2. The van der Waals surface area contributed by atoms with Gasteiger partial charge in [-0.3, -0.25) is 9.59 Å². The molecule has 1 aromatic carbocycles. The van der Waals surface area contributed by atoms with Crippen molar-refractivity contribution >= 4 is 71.2 Å². The Balaban J connectivity index is 2.36. The van der Waals surface area contributed by atoms with Crippen LogP contribution < -0.4 is 10.0 Å². The first-order valence-corrected chi connectivity index (χ1v) is 10.5. The molecule has 0 fully saturated rings. The molecule has 0 saturated heterocycles. The average molecular weight is 451 g/mol. The number of benzene rings is 1. The van der Waals surface area contributed by atoms with Gasteiger partial charge in [0.05, 0.1) is 26.0 Å². The maximum absolute atomic E-state index is 12.2. The number of aryl methyl sites for hydroxylation is 1. The highest BCUT2D eigenvalue weighted by Gasteiger charge is 2.28. The third-order valence-electron chi connectivity index (χ3n) is 4.37. The largest absolute Gasteiger partial charge is 0.478 e. The number of aromatic nitrogens is 2. The molecule has 0 atom stereocenters. The molecular weight excluding hydrogens is 428 g/mol. The summed E-state index contributed by atoms with van der Waals surface area (Å²) in [6, 6.07) is 0. The van der Waals surface area contributed by atoms with Crippen molar-refractivity contribution in [1.82, 2.24) is 20.0 Å². The molecule has 0 aliphatic rings. The number of aromatic carboxylic acids is 1. The van der Waals surface area contributed by atoms with Gasteiger partial charge in [0.1, 0.15) is 0 Å². The summed E-state index contributed by atoms with van der Waals surface area (Å²) in [6.07, 6.45) is 0. The van der Waals surface area contributed by atoms with Gasteiger partial charge in [0, 0.05) is 47.6 Å². The molecule has 2 amide bonds. The number of amides is 2. The van der Waals surface area contributed by atoms with Crippen molar-refractivity contribution in [2.24, 2.45) is 0 Å². The van der Waals surface area contributed by atoms with Crippen molar-refractivity contribution in [3.05, 3.63) is 11.1 Å². The van der Waals surface area contributed by atoms with Crippen molar-refractivity contribution in [3.8, 4) is 0 Å². The zero-order valence-electron chi connectivity index (χ0n) is 17.7. The fourth-order valence-electron chi connectivity index (χ4n) is 3.23. The molecule has 0 aliphatic heterocycles. The monoisotopic (exact) mass is 450 g/mol. The number of hydrogen-bond donors (Lipinski definition) is 1. The summed E-state index contributed by atoms with van der Waals surface area (Å²) in [4.78, 5) is 45.5. The third kappa shape index (κ3) is 3.51. The van der Waals surface area contributed by atoms with Gasteiger partial charge in [-0.15, -0.1) is 0 Å². The molecule has 3 rings (SSSR count). The maximum Gasteiger partial charge on any atom is 0.338 e. The molecule has 160 valence electrons. The van der Waals surface area contributed by atoms with Gasteiger partial charge in [-0.05, 0) is 6.92 Å². The van der Waals surface area contributed by atoms with Crippen LogP contribution in [0.1, 0.15) is 29.8 Å². The lowest BCUT2D eigenvalue weighted by molar-refractivity contribution is -0.119. The molecule has 0 unspecified atom stereocenters. The average Bonchev–Trinajstić information content (AvgIpc) is 3.18. The van der Waals surface area contributed by atoms with Gasteiger partial charge in [0.2, 0.25) is 22.1 Å². The molecule has 0 saturated carbocycles. The predicted octanol–water partition coefficient (Wildman–Crippen LogP) is 2.57. The van der Waals surface area contributed by atoms with Gasteiger partial charge in [-0.2, -0.15) is 0 Å². The van der Waals surface area contributed by atoms with E-state index in [1.807, 2.05) is 6.92 Å². The van der Waals surface area contributed by atoms with Crippen molar-refractivity contribution in [1.29, 1.82) is 0 Å². The Labute approximate surface area is 180 Å². The third-order valence-corrected chi connectivity index (χ3v) is 6.47. The number of hydrazine groups is 2. The summed E-state index contributed by atoms with van der Waals surface area (Å²) in [5, 5.41) is 16.7. The van der Waals surface area contributed by atoms with Crippen LogP contribution in [0.5, 0.6) is 0 Å². The number of thiazole rings is 2. The van der Waals surface area contributed by atoms with Gasteiger partial charge in [0.15, 0.2) is 0 Å². The zero-order valence-corrected chi connectivity index (χ0v) is 19.3. The van der Waals surface area contributed by atoms with Gasteiger partial charge >= 0.3 is 5.97 Å². The van der Waals surface area contributed by atoms with Gasteiger partial charge in [-0.25, -0.2) is 34.8 Å². The number of rotatable bonds is 5. The van der Waals surface area contributed by atoms with Crippen molar-refractivity contribution in [2.75, 3.05) is 38.2 Å². The Bertz CT molecular complexity index is 1100. The van der Waals surface area contributed by atoms with E-state index < -0.39 is 5.97 Å². The second-order valence-corrected chi connectivity index (χ2v) is 8.96. The van der Waals surface area contributed by atoms with Crippen LogP contribution in [-0.2, 0) is 9.59 Å². The van der Waals surface area contributed by atoms with E-state index in [0.29, 0.717) is 36.3 Å². The van der Waals surface area contributed by atoms with Crippen LogP contribution in [0.3, 0.4) is 0 Å². The molecule has 30 heavy (non-hydrogen) atoms. The molecule has 0 aliphatic carbocycles. The van der Waals surface area contributed by atoms with Crippen molar-refractivity contribution < 1.29 is 19.5 Å². The summed E-state index contributed by atoms with van der Waals surface area (Å²) < 4.78 is 0.926. The number of anilines is 2. The lowest BCUT2D eigenvalue weighted by atomic mass is 10.1. The van der Waals surface area contributed by atoms with Crippen LogP contribution in [0.15, 0.2) is 0 Å². The first-order chi connectivity index (χ1) is 14.0. The van der Waals surface area contributed by atoms with Crippen LogP contribution in [-0.4, -0.2) is 71.1 Å². The second kappa shape index (κ2) is 7.87. The molecule has 2 heterocycles. The van der Waals surface area contributed by atoms with E-state index in [2.05, 4.69) is 9.97 Å². The Kier molecular flexibility index (Phi) is 5.78. The van der Waals surface area contributed by atoms with Gasteiger partial charge < -0.3 is 5.11 Å². The van der Waals surface area contributed by atoms with Gasteiger partial charge in [0.25, 0.3) is 0 Å². The molecule has 3 aromatic rings. The van der Waals surface area contributed by atoms with Crippen LogP contribution in [0.2, 0.25) is 0 Å². The van der Waals surface area contributed by atoms with Crippen LogP contribution >= 0.6 is 22.7 Å². The number of carbonyl (C=O) groups is 3. The van der Waals surface area contributed by atoms with Gasteiger partial charge in [-0.1, -0.05) is 22.7 Å². The number of carboxylic acid groups (broad SMARTS) is 1. The molecule has 10 nitrogen and oxygen atoms in total. The SMILES string of the molecule is CC(=O)N(c1nc2c(C)c3nc(N(C(C)=O)N(C)C)sc3c(C(=O)O)c2s1)N(C)C. The standard InChI is InChI=1S/C18H22N6O4S2/c1-8-12-14(29-17(19-12)23(9(2)25)21(4)5)11(16(27)28)15-13(8)20-18(30-15)24(10(3)26)22(6)7/h1-7H3,(H,27,28). The van der Waals surface area contributed by atoms with Crippen molar-refractivity contribution in [3.63, 3.8) is 0 Å². The maximum atomic E-state index is 12.2. The highest BCUT2D eigenvalue weighted by atomic mass is 32.1. The smallest absolute Gasteiger partial charge is 0.338 e. The first-order valence-electron chi connectivity index (χ1n) is 8.88. The minimum atomic E-state index is -1.12. The quantitative estimate of drug-likeness (QED) is 0.591. The highest BCUT2D eigenvalue weighted by Crippen LogP contribution is 2.42. The molecule has 0 bridgehead atoms. The second-order valence-electron chi connectivity index (χ2n) is 7.01. The number of carboxylic acids is 1. The molecule has 12 heteroatoms. The zero-order chi connectivity index (χ0) is 22.5. The topological polar surface area (TPSA) is 110 Å². The highest BCUT2D eigenvalue weighted by molar-refractivity contribution is 7.25. The van der Waals surface area contributed by atoms with Crippen LogP contribution in [0.4, 0.5) is 10.3 Å². The Morgan fingerprint density at radius 2 is 1.17 bits per heavy atom. The summed E-state index contributed by atoms with van der Waals surface area (Å²) >= 11 is 2.27. The Morgan fingerprint density at radius 1 is 0.800 bits per heavy atom. The van der Waals surface area contributed by atoms with E-state index in [0.717, 1.165) is 22.7 Å². The van der Waals surface area contributed by atoms with Crippen molar-refractivity contribution in [2.45, 2.75) is 20.8 Å². The van der Waals surface area contributed by atoms with E-state index >= 15 is 0 Å². The Morgan fingerprint density at radius 3 is 1.43 bits per heavy atom. The van der Waals surface area contributed by atoms with Crippen LogP contribution in [0, 0.1) is 6.92 Å². The van der Waals surface area contributed by atoms with E-state index in [4.69, 9.17) is 0 Å². The van der Waals surface area contributed by atoms with Crippen LogP contribution in [0.25, 0.3) is 20.4 Å². The minimum absolute atomic E-state index is 0.0719. The molecular formula is C18H22N6O4S2. The predicted molar refractivity (Wildman–Crippen MR) is 118 cm³/mol. The summed E-state index contributed by atoms with van der Waals surface area (Å²) in [6.45, 7) is 4.65.